The van der Waals surface area contributed by atoms with Crippen LogP contribution in [-0.2, 0) is 0 Å². The Bertz CT molecular complexity index is 885. The van der Waals surface area contributed by atoms with Gasteiger partial charge in [-0.25, -0.2) is 8.78 Å². The van der Waals surface area contributed by atoms with Crippen LogP contribution in [0.3, 0.4) is 0 Å². The maximum absolute atomic E-state index is 14.0. The van der Waals surface area contributed by atoms with E-state index in [2.05, 4.69) is 4.99 Å². The van der Waals surface area contributed by atoms with Crippen molar-refractivity contribution in [2.45, 2.75) is 6.30 Å². The molecule has 0 saturated carbocycles. The summed E-state index contributed by atoms with van der Waals surface area (Å²) in [6.45, 7) is -0.925. The van der Waals surface area contributed by atoms with E-state index in [1.807, 2.05) is 0 Å². The van der Waals surface area contributed by atoms with Crippen molar-refractivity contribution in [1.29, 1.82) is 0 Å². The molecule has 0 saturated heterocycles. The quantitative estimate of drug-likeness (QED) is 0.492. The molecule has 26 heavy (non-hydrogen) atoms. The molecule has 1 aliphatic heterocycles. The molecule has 136 valence electrons. The molecule has 1 N–H and O–H groups in total. The molecule has 1 atom stereocenters. The number of aliphatic hydroxyl groups is 1. The van der Waals surface area contributed by atoms with Crippen LogP contribution in [0.5, 0.6) is 0 Å². The molecule has 0 bridgehead atoms. The molecule has 0 fully saturated rings. The second-order valence-electron chi connectivity index (χ2n) is 5.87. The number of hydrogen-bond acceptors (Lipinski definition) is 2. The van der Waals surface area contributed by atoms with Crippen molar-refractivity contribution in [3.8, 4) is 0 Å². The molecule has 8 heteroatoms. The van der Waals surface area contributed by atoms with Crippen LogP contribution in [-0.4, -0.2) is 35.4 Å². The lowest BCUT2D eigenvalue weighted by molar-refractivity contribution is -0.879. The van der Waals surface area contributed by atoms with Gasteiger partial charge in [0.05, 0.1) is 7.05 Å². The molecular weight excluding hydrogens is 355 g/mol. The van der Waals surface area contributed by atoms with E-state index in [9.17, 15) is 27.1 Å². The Morgan fingerprint density at radius 1 is 0.885 bits per heavy atom. The van der Waals surface area contributed by atoms with E-state index in [4.69, 9.17) is 0 Å². The van der Waals surface area contributed by atoms with Gasteiger partial charge in [0.25, 0.3) is 0 Å². The molecule has 2 aromatic rings. The molecule has 0 aliphatic carbocycles. The average molecular weight is 369 g/mol. The van der Waals surface area contributed by atoms with Gasteiger partial charge in [0, 0.05) is 11.1 Å². The van der Waals surface area contributed by atoms with Crippen molar-refractivity contribution >= 4 is 17.2 Å². The van der Waals surface area contributed by atoms with Gasteiger partial charge in [-0.2, -0.15) is 9.48 Å². The van der Waals surface area contributed by atoms with Crippen LogP contribution < -0.4 is 0 Å². The lowest BCUT2D eigenvalue weighted by Crippen LogP contribution is -2.56. The smallest absolute Gasteiger partial charge is 0.384 e. The van der Waals surface area contributed by atoms with E-state index in [1.165, 1.54) is 24.3 Å². The maximum Gasteiger partial charge on any atom is 0.571 e. The predicted molar refractivity (Wildman–Crippen MR) is 86.4 cm³/mol. The van der Waals surface area contributed by atoms with Crippen molar-refractivity contribution in [2.75, 3.05) is 13.7 Å². The fourth-order valence-electron chi connectivity index (χ4n) is 2.88. The number of likely N-dealkylation sites (N-methyl/N-ethyl adjacent to an activating group) is 1. The maximum atomic E-state index is 14.0. The van der Waals surface area contributed by atoms with Crippen molar-refractivity contribution < 1.29 is 31.5 Å². The summed E-state index contributed by atoms with van der Waals surface area (Å²) in [5.41, 5.74) is 0.0224. The largest absolute Gasteiger partial charge is 0.571 e. The first-order valence-electron chi connectivity index (χ1n) is 7.57. The number of aliphatic hydroxyl groups excluding tert-OH is 1. The Morgan fingerprint density at radius 2 is 1.35 bits per heavy atom. The van der Waals surface area contributed by atoms with Crippen LogP contribution in [0.2, 0.25) is 0 Å². The minimum absolute atomic E-state index is 0.0551. The van der Waals surface area contributed by atoms with E-state index in [0.29, 0.717) is 0 Å². The first kappa shape index (κ1) is 18.2. The van der Waals surface area contributed by atoms with E-state index < -0.39 is 34.9 Å². The van der Waals surface area contributed by atoms with Gasteiger partial charge in [0.1, 0.15) is 23.9 Å². The molecule has 1 aliphatic rings. The lowest BCUT2D eigenvalue weighted by Gasteiger charge is -2.32. The number of rotatable bonds is 3. The summed E-state index contributed by atoms with van der Waals surface area (Å²) in [7, 11) is 0.865. The Labute approximate surface area is 145 Å². The van der Waals surface area contributed by atoms with Crippen molar-refractivity contribution in [3.05, 3.63) is 71.3 Å². The van der Waals surface area contributed by atoms with Gasteiger partial charge >= 0.3 is 6.30 Å². The molecule has 1 unspecified atom stereocenters. The van der Waals surface area contributed by atoms with E-state index in [1.54, 1.807) is 0 Å². The molecule has 0 spiro atoms. The zero-order valence-electron chi connectivity index (χ0n) is 13.6. The number of benzene rings is 2. The van der Waals surface area contributed by atoms with E-state index >= 15 is 0 Å². The third-order valence-electron chi connectivity index (χ3n) is 4.31. The van der Waals surface area contributed by atoms with Crippen LogP contribution in [0.4, 0.5) is 22.0 Å². The van der Waals surface area contributed by atoms with Crippen LogP contribution in [0.1, 0.15) is 11.1 Å². The number of hydrogen-bond donors (Lipinski definition) is 1. The van der Waals surface area contributed by atoms with Crippen LogP contribution in [0.15, 0.2) is 53.5 Å². The Hall–Kier alpha value is -2.58. The number of alkyl halides is 3. The van der Waals surface area contributed by atoms with Crippen LogP contribution in [0.25, 0.3) is 11.4 Å². The summed E-state index contributed by atoms with van der Waals surface area (Å²) >= 11 is 0. The van der Waals surface area contributed by atoms with Gasteiger partial charge in [-0.05, 0) is 48.5 Å². The fourth-order valence-corrected chi connectivity index (χ4v) is 2.88. The minimum atomic E-state index is -4.81. The van der Waals surface area contributed by atoms with Crippen molar-refractivity contribution in [1.82, 2.24) is 0 Å². The standard InChI is InChI=1S/C18H14F5N2O/c1-25(18(21,22)23)15(10-26)24-16(11-2-6-13(19)7-3-11)17(25)12-4-8-14(20)9-5-12/h2-9,26H,10H2,1H3/q+1. The van der Waals surface area contributed by atoms with Crippen molar-refractivity contribution in [3.63, 3.8) is 0 Å². The zero-order valence-corrected chi connectivity index (χ0v) is 13.6. The Morgan fingerprint density at radius 3 is 1.77 bits per heavy atom. The summed E-state index contributed by atoms with van der Waals surface area (Å²) in [6, 6.07) is 9.34. The molecule has 0 amide bonds. The molecule has 1 heterocycles. The number of quaternary nitrogens is 1. The topological polar surface area (TPSA) is 32.6 Å². The SMILES string of the molecule is C[N+]1(C(F)(F)F)C(CO)=NC(c2ccc(F)cc2)=C1c1ccc(F)cc1. The molecule has 3 rings (SSSR count). The Balaban J connectivity index is 2.32. The van der Waals surface area contributed by atoms with Crippen molar-refractivity contribution in [2.24, 2.45) is 4.99 Å². The highest BCUT2D eigenvalue weighted by Crippen LogP contribution is 2.47. The van der Waals surface area contributed by atoms with Crippen LogP contribution in [0, 0.1) is 11.6 Å². The lowest BCUT2D eigenvalue weighted by atomic mass is 10.0. The monoisotopic (exact) mass is 369 g/mol. The van der Waals surface area contributed by atoms with E-state index in [0.717, 1.165) is 31.3 Å². The molecular formula is C18H14F5N2O+. The van der Waals surface area contributed by atoms with Gasteiger partial charge in [-0.15, -0.1) is 13.2 Å². The summed E-state index contributed by atoms with van der Waals surface area (Å²) in [4.78, 5) is 3.99. The molecule has 0 aromatic heterocycles. The zero-order chi connectivity index (χ0) is 19.1. The number of nitrogens with zero attached hydrogens (tertiary/aromatic N) is 2. The second-order valence-corrected chi connectivity index (χ2v) is 5.87. The summed E-state index contributed by atoms with van der Waals surface area (Å²) < 4.78 is 66.6. The van der Waals surface area contributed by atoms with E-state index in [-0.39, 0.29) is 22.5 Å². The summed E-state index contributed by atoms with van der Waals surface area (Å²) in [5, 5.41) is 9.49. The van der Waals surface area contributed by atoms with Gasteiger partial charge in [-0.1, -0.05) is 0 Å². The third-order valence-corrected chi connectivity index (χ3v) is 4.31. The molecule has 3 nitrogen and oxygen atoms in total. The van der Waals surface area contributed by atoms with Gasteiger partial charge in [0.2, 0.25) is 5.84 Å². The normalized spacial score (nSPS) is 20.5. The fraction of sp³-hybridized carbons (Fsp3) is 0.167. The summed E-state index contributed by atoms with van der Waals surface area (Å²) in [5.74, 6) is -1.67. The second kappa shape index (κ2) is 6.30. The van der Waals surface area contributed by atoms with Gasteiger partial charge in [-0.3, -0.25) is 0 Å². The minimum Gasteiger partial charge on any atom is -0.384 e. The van der Waals surface area contributed by atoms with Gasteiger partial charge < -0.3 is 5.11 Å². The summed E-state index contributed by atoms with van der Waals surface area (Å²) in [6.07, 6.45) is -4.81. The average Bonchev–Trinajstić information content (AvgIpc) is 2.90. The van der Waals surface area contributed by atoms with Gasteiger partial charge in [0.15, 0.2) is 5.70 Å². The molecule has 0 radical (unpaired) electrons. The Kier molecular flexibility index (Phi) is 4.41. The highest BCUT2D eigenvalue weighted by molar-refractivity contribution is 6.01. The highest BCUT2D eigenvalue weighted by Gasteiger charge is 2.62. The molecule has 2 aromatic carbocycles. The highest BCUT2D eigenvalue weighted by atomic mass is 19.4. The first-order chi connectivity index (χ1) is 12.2. The number of halogens is 5. The number of aliphatic imine (C=N–C) groups is 1. The van der Waals surface area contributed by atoms with Crippen LogP contribution >= 0.6 is 0 Å². The first-order valence-corrected chi connectivity index (χ1v) is 7.57. The predicted octanol–water partition coefficient (Wildman–Crippen LogP) is 4.16. The third kappa shape index (κ3) is 2.81. The number of amidine groups is 1.